The molecule has 0 bridgehead atoms. The van der Waals surface area contributed by atoms with Crippen LogP contribution in [-0.2, 0) is 6.54 Å². The summed E-state index contributed by atoms with van der Waals surface area (Å²) in [5.74, 6) is 1.55. The summed E-state index contributed by atoms with van der Waals surface area (Å²) in [7, 11) is 0. The van der Waals surface area contributed by atoms with Gasteiger partial charge in [0, 0.05) is 32.6 Å². The highest BCUT2D eigenvalue weighted by Gasteiger charge is 2.14. The molecule has 7 heteroatoms. The first-order chi connectivity index (χ1) is 13.3. The number of rotatable bonds is 4. The van der Waals surface area contributed by atoms with E-state index in [-0.39, 0.29) is 0 Å². The van der Waals surface area contributed by atoms with E-state index in [4.69, 9.17) is 16.6 Å². The van der Waals surface area contributed by atoms with E-state index in [0.717, 1.165) is 38.3 Å². The molecule has 0 amide bonds. The average Bonchev–Trinajstić information content (AvgIpc) is 3.39. The Bertz CT molecular complexity index is 1250. The second-order valence-electron chi connectivity index (χ2n) is 6.10. The van der Waals surface area contributed by atoms with E-state index in [1.165, 1.54) is 11.0 Å². The van der Waals surface area contributed by atoms with Gasteiger partial charge in [-0.1, -0.05) is 41.9 Å². The van der Waals surface area contributed by atoms with Crippen LogP contribution in [0.1, 0.15) is 5.56 Å². The number of nitrogens with one attached hydrogen (secondary N) is 2. The van der Waals surface area contributed by atoms with Crippen molar-refractivity contribution in [3.8, 4) is 11.4 Å². The molecule has 0 atom stereocenters. The summed E-state index contributed by atoms with van der Waals surface area (Å²) in [6.07, 6.45) is 1.51. The lowest BCUT2D eigenvalue weighted by Crippen LogP contribution is -2.03. The monoisotopic (exact) mass is 391 g/mol. The number of nitrogens with zero attached hydrogens (tertiary/aromatic N) is 3. The van der Waals surface area contributed by atoms with Gasteiger partial charge in [0.15, 0.2) is 5.82 Å². The fraction of sp³-hybridized carbons (Fsp3) is 0.0500. The highest BCUT2D eigenvalue weighted by atomic mass is 35.5. The Kier molecular flexibility index (Phi) is 3.99. The number of aromatic nitrogens is 4. The van der Waals surface area contributed by atoms with Gasteiger partial charge < -0.3 is 5.32 Å². The van der Waals surface area contributed by atoms with Crippen molar-refractivity contribution in [3.05, 3.63) is 70.8 Å². The van der Waals surface area contributed by atoms with Crippen molar-refractivity contribution >= 4 is 49.7 Å². The maximum Gasteiger partial charge on any atom is 0.157 e. The van der Waals surface area contributed by atoms with Crippen molar-refractivity contribution < 1.29 is 0 Å². The first-order valence-corrected chi connectivity index (χ1v) is 9.70. The fourth-order valence-electron chi connectivity index (χ4n) is 3.21. The van der Waals surface area contributed by atoms with Crippen LogP contribution in [0.3, 0.4) is 0 Å². The van der Waals surface area contributed by atoms with Crippen molar-refractivity contribution in [2.45, 2.75) is 6.54 Å². The van der Waals surface area contributed by atoms with Crippen LogP contribution in [0.15, 0.2) is 60.2 Å². The zero-order chi connectivity index (χ0) is 18.2. The maximum atomic E-state index is 6.30. The summed E-state index contributed by atoms with van der Waals surface area (Å²) in [5, 5.41) is 15.4. The Morgan fingerprint density at radius 2 is 1.96 bits per heavy atom. The Hall–Kier alpha value is -2.96. The van der Waals surface area contributed by atoms with Crippen LogP contribution in [0, 0.1) is 0 Å². The minimum Gasteiger partial charge on any atom is -0.365 e. The third-order valence-electron chi connectivity index (χ3n) is 4.50. The summed E-state index contributed by atoms with van der Waals surface area (Å²) in [6.45, 7) is 0.605. The number of H-pyrrole nitrogens is 1. The van der Waals surface area contributed by atoms with Crippen LogP contribution < -0.4 is 5.32 Å². The van der Waals surface area contributed by atoms with E-state index in [2.05, 4.69) is 38.0 Å². The van der Waals surface area contributed by atoms with E-state index >= 15 is 0 Å². The molecule has 2 N–H and O–H groups in total. The van der Waals surface area contributed by atoms with E-state index in [1.54, 1.807) is 11.3 Å². The SMILES string of the molecule is Clc1ccccc1CNc1nc2c(-c3ncn[nH]3)cccc2c2sccc12. The Labute approximate surface area is 164 Å². The molecule has 0 aliphatic heterocycles. The lowest BCUT2D eigenvalue weighted by atomic mass is 10.1. The number of halogens is 1. The van der Waals surface area contributed by atoms with Gasteiger partial charge in [0.05, 0.1) is 5.52 Å². The summed E-state index contributed by atoms with van der Waals surface area (Å²) >= 11 is 8.01. The van der Waals surface area contributed by atoms with Gasteiger partial charge in [0.2, 0.25) is 0 Å². The Morgan fingerprint density at radius 1 is 1.04 bits per heavy atom. The zero-order valence-electron chi connectivity index (χ0n) is 14.1. The number of anilines is 1. The third-order valence-corrected chi connectivity index (χ3v) is 5.82. The Balaban J connectivity index is 1.66. The molecule has 5 nitrogen and oxygen atoms in total. The second-order valence-corrected chi connectivity index (χ2v) is 7.43. The molecule has 5 aromatic rings. The quantitative estimate of drug-likeness (QED) is 0.424. The largest absolute Gasteiger partial charge is 0.365 e. The van der Waals surface area contributed by atoms with Gasteiger partial charge >= 0.3 is 0 Å². The highest BCUT2D eigenvalue weighted by Crippen LogP contribution is 2.36. The molecule has 0 saturated heterocycles. The van der Waals surface area contributed by atoms with E-state index in [9.17, 15) is 0 Å². The van der Waals surface area contributed by atoms with Crippen molar-refractivity contribution in [3.63, 3.8) is 0 Å². The molecule has 0 saturated carbocycles. The van der Waals surface area contributed by atoms with E-state index in [0.29, 0.717) is 12.4 Å². The summed E-state index contributed by atoms with van der Waals surface area (Å²) < 4.78 is 1.20. The molecule has 3 aromatic heterocycles. The van der Waals surface area contributed by atoms with Gasteiger partial charge in [-0.15, -0.1) is 11.3 Å². The topological polar surface area (TPSA) is 66.5 Å². The van der Waals surface area contributed by atoms with Crippen molar-refractivity contribution in [2.24, 2.45) is 0 Å². The van der Waals surface area contributed by atoms with Gasteiger partial charge in [-0.3, -0.25) is 5.10 Å². The number of hydrogen-bond donors (Lipinski definition) is 2. The average molecular weight is 392 g/mol. The maximum absolute atomic E-state index is 6.30. The molecule has 3 heterocycles. The molecule has 0 spiro atoms. The summed E-state index contributed by atoms with van der Waals surface area (Å²) in [4.78, 5) is 9.24. The third kappa shape index (κ3) is 2.83. The Morgan fingerprint density at radius 3 is 2.81 bits per heavy atom. The smallest absolute Gasteiger partial charge is 0.157 e. The number of para-hydroxylation sites is 1. The van der Waals surface area contributed by atoms with Crippen LogP contribution in [0.4, 0.5) is 5.82 Å². The van der Waals surface area contributed by atoms with E-state index < -0.39 is 0 Å². The van der Waals surface area contributed by atoms with Crippen LogP contribution in [0.5, 0.6) is 0 Å². The van der Waals surface area contributed by atoms with Crippen LogP contribution in [0.2, 0.25) is 5.02 Å². The summed E-state index contributed by atoms with van der Waals surface area (Å²) in [5.41, 5.74) is 2.86. The van der Waals surface area contributed by atoms with Crippen molar-refractivity contribution in [1.82, 2.24) is 20.2 Å². The number of fused-ring (bicyclic) bond motifs is 3. The normalized spacial score (nSPS) is 11.3. The van der Waals surface area contributed by atoms with Crippen LogP contribution in [0.25, 0.3) is 32.4 Å². The molecule has 0 aliphatic carbocycles. The van der Waals surface area contributed by atoms with Crippen LogP contribution in [-0.4, -0.2) is 20.2 Å². The molecule has 2 aromatic carbocycles. The van der Waals surface area contributed by atoms with Gasteiger partial charge in [0.1, 0.15) is 12.1 Å². The van der Waals surface area contributed by atoms with E-state index in [1.807, 2.05) is 36.4 Å². The molecule has 27 heavy (non-hydrogen) atoms. The van der Waals surface area contributed by atoms with Crippen molar-refractivity contribution in [2.75, 3.05) is 5.32 Å². The van der Waals surface area contributed by atoms with Gasteiger partial charge in [-0.2, -0.15) is 5.10 Å². The minimum atomic E-state index is 0.605. The minimum absolute atomic E-state index is 0.605. The van der Waals surface area contributed by atoms with Gasteiger partial charge in [0.25, 0.3) is 0 Å². The molecule has 0 aliphatic rings. The standard InChI is InChI=1S/C20H14ClN5S/c21-16-7-2-1-4-12(16)10-22-19-15-8-9-27-18(15)13-5-3-6-14(17(13)25-19)20-23-11-24-26-20/h1-9,11H,10H2,(H,22,25)(H,23,24,26). The van der Waals surface area contributed by atoms with Crippen LogP contribution >= 0.6 is 22.9 Å². The fourth-order valence-corrected chi connectivity index (χ4v) is 4.33. The molecule has 0 radical (unpaired) electrons. The molecule has 132 valence electrons. The second kappa shape index (κ2) is 6.64. The van der Waals surface area contributed by atoms with Crippen molar-refractivity contribution in [1.29, 1.82) is 0 Å². The number of pyridine rings is 1. The molecule has 0 unspecified atom stereocenters. The molecule has 5 rings (SSSR count). The number of thiophene rings is 1. The molecular weight excluding hydrogens is 378 g/mol. The molecular formula is C20H14ClN5S. The summed E-state index contributed by atoms with van der Waals surface area (Å²) in [6, 6.07) is 16.1. The first-order valence-electron chi connectivity index (χ1n) is 8.44. The number of aromatic amines is 1. The van der Waals surface area contributed by atoms with Gasteiger partial charge in [-0.25, -0.2) is 9.97 Å². The van der Waals surface area contributed by atoms with Gasteiger partial charge in [-0.05, 0) is 29.1 Å². The highest BCUT2D eigenvalue weighted by molar-refractivity contribution is 7.18. The number of benzene rings is 2. The molecule has 0 fully saturated rings. The predicted octanol–water partition coefficient (Wildman–Crippen LogP) is 5.50. The number of hydrogen-bond acceptors (Lipinski definition) is 5. The zero-order valence-corrected chi connectivity index (χ0v) is 15.7. The predicted molar refractivity (Wildman–Crippen MR) is 111 cm³/mol. The lowest BCUT2D eigenvalue weighted by molar-refractivity contribution is 1.09. The lowest BCUT2D eigenvalue weighted by Gasteiger charge is -2.12. The first kappa shape index (κ1) is 16.2.